The molecule has 0 spiro atoms. The molecule has 61 heavy (non-hydrogen) atoms. The van der Waals surface area contributed by atoms with Crippen LogP contribution in [0.25, 0.3) is 10.8 Å². The number of benzene rings is 4. The summed E-state index contributed by atoms with van der Waals surface area (Å²) in [5.41, 5.74) is 2.07. The van der Waals surface area contributed by atoms with Crippen LogP contribution in [0.5, 0.6) is 5.75 Å². The maximum atomic E-state index is 13.9. The number of rotatable bonds is 11. The molecule has 4 aromatic carbocycles. The minimum atomic E-state index is -3.73. The molecule has 5 N–H and O–H groups in total. The average molecular weight is 869 g/mol. The van der Waals surface area contributed by atoms with Crippen molar-refractivity contribution < 1.29 is 32.3 Å². The lowest BCUT2D eigenvalue weighted by Gasteiger charge is -2.33. The van der Waals surface area contributed by atoms with Crippen LogP contribution in [-0.4, -0.2) is 83.5 Å². The van der Waals surface area contributed by atoms with Crippen molar-refractivity contribution in [3.63, 3.8) is 0 Å². The van der Waals surface area contributed by atoms with Gasteiger partial charge in [-0.2, -0.15) is 0 Å². The standard InChI is InChI=1S/C46H56N6O7S2/c1-52(2)41-19-11-14-36-35(41)13-12-20-42(36)61(57,58)47-21-9-3-4-10-22-59-33-25-29-23-30(26-33)44(54)49-38-16-6-8-18-40(38)51-46(56)32-24-31(27-34(60)28-32)45(55)50-39-17-7-5-15-37(39)48-43(29)53/h11-14,19-20,23-28,37-40,47,60H,3-10,15-18,21-22H2,1-2H3,(H,48,53)(H,49,54)(H,50,55)(H,51,56). The monoisotopic (exact) mass is 868 g/mol. The molecule has 4 atom stereocenters. The van der Waals surface area contributed by atoms with Crippen molar-refractivity contribution in [2.24, 2.45) is 0 Å². The molecule has 2 saturated carbocycles. The summed E-state index contributed by atoms with van der Waals surface area (Å²) in [6.45, 7) is 0.618. The predicted octanol–water partition coefficient (Wildman–Crippen LogP) is 6.37. The lowest BCUT2D eigenvalue weighted by atomic mass is 9.89. The van der Waals surface area contributed by atoms with Gasteiger partial charge in [0.25, 0.3) is 23.6 Å². The number of thiol groups is 1. The number of amides is 4. The molecular formula is C46H56N6O7S2. The molecule has 15 heteroatoms. The summed E-state index contributed by atoms with van der Waals surface area (Å²) in [4.78, 5) is 57.8. The van der Waals surface area contributed by atoms with E-state index in [4.69, 9.17) is 4.74 Å². The van der Waals surface area contributed by atoms with E-state index in [9.17, 15) is 27.6 Å². The lowest BCUT2D eigenvalue weighted by molar-refractivity contribution is 0.0854. The minimum Gasteiger partial charge on any atom is -0.494 e. The first-order valence-corrected chi connectivity index (χ1v) is 23.3. The Hall–Kier alpha value is -5.12. The second-order valence-electron chi connectivity index (χ2n) is 16.6. The maximum Gasteiger partial charge on any atom is 0.251 e. The van der Waals surface area contributed by atoms with E-state index in [-0.39, 0.29) is 63.8 Å². The second kappa shape index (κ2) is 19.7. The normalized spacial score (nSPS) is 21.1. The number of fused-ring (bicyclic) bond motifs is 7. The SMILES string of the molecule is CN(C)c1cccc2c(S(=O)(=O)NCCCCCCOc3cc4cc(c3)C(=O)NC3CCCCC3NC(=O)c3cc(S)cc(c3)C(=O)NC3CCCCC3NC4=O)cccc12. The van der Waals surface area contributed by atoms with Crippen molar-refractivity contribution in [3.05, 3.63) is 95.1 Å². The molecule has 2 fully saturated rings. The van der Waals surface area contributed by atoms with E-state index < -0.39 is 10.0 Å². The Morgan fingerprint density at radius 1 is 0.623 bits per heavy atom. The van der Waals surface area contributed by atoms with Gasteiger partial charge >= 0.3 is 0 Å². The molecule has 0 radical (unpaired) electrons. The number of carbonyl (C=O) groups is 4. The molecule has 4 bridgehead atoms. The highest BCUT2D eigenvalue weighted by Crippen LogP contribution is 2.30. The molecule has 0 aromatic heterocycles. The summed E-state index contributed by atoms with van der Waals surface area (Å²) in [5.74, 6) is -1.08. The first-order chi connectivity index (χ1) is 29.4. The highest BCUT2D eigenvalue weighted by molar-refractivity contribution is 7.89. The lowest BCUT2D eigenvalue weighted by Crippen LogP contribution is -2.53. The van der Waals surface area contributed by atoms with Gasteiger partial charge < -0.3 is 30.9 Å². The van der Waals surface area contributed by atoms with Gasteiger partial charge in [0, 0.05) is 88.4 Å². The first kappa shape index (κ1) is 44.0. The van der Waals surface area contributed by atoms with Crippen LogP contribution in [-0.2, 0) is 10.0 Å². The molecule has 0 saturated heterocycles. The minimum absolute atomic E-state index is 0.254. The van der Waals surface area contributed by atoms with Crippen molar-refractivity contribution >= 4 is 62.7 Å². The Balaban J connectivity index is 1.01. The molecular weight excluding hydrogens is 813 g/mol. The number of hydrogen-bond acceptors (Lipinski definition) is 9. The maximum absolute atomic E-state index is 13.9. The third-order valence-electron chi connectivity index (χ3n) is 11.9. The molecule has 1 aliphatic heterocycles. The molecule has 2 aliphatic carbocycles. The largest absolute Gasteiger partial charge is 0.494 e. The molecule has 13 nitrogen and oxygen atoms in total. The quantitative estimate of drug-likeness (QED) is 0.0746. The fourth-order valence-corrected chi connectivity index (χ4v) is 10.3. The van der Waals surface area contributed by atoms with Crippen LogP contribution in [0.3, 0.4) is 0 Å². The van der Waals surface area contributed by atoms with Gasteiger partial charge in [-0.15, -0.1) is 12.6 Å². The third kappa shape index (κ3) is 10.9. The number of carbonyl (C=O) groups excluding carboxylic acids is 4. The Labute approximate surface area is 363 Å². The topological polar surface area (TPSA) is 175 Å². The van der Waals surface area contributed by atoms with Crippen molar-refractivity contribution in [2.75, 3.05) is 32.1 Å². The van der Waals surface area contributed by atoms with Gasteiger partial charge in [0.05, 0.1) is 11.5 Å². The van der Waals surface area contributed by atoms with E-state index in [0.717, 1.165) is 49.6 Å². The molecule has 3 aliphatic rings. The van der Waals surface area contributed by atoms with Gasteiger partial charge in [-0.25, -0.2) is 13.1 Å². The zero-order chi connectivity index (χ0) is 43.1. The van der Waals surface area contributed by atoms with Crippen LogP contribution in [0.2, 0.25) is 0 Å². The summed E-state index contributed by atoms with van der Waals surface area (Å²) in [7, 11) is 0.131. The number of anilines is 1. The van der Waals surface area contributed by atoms with E-state index in [1.54, 1.807) is 48.5 Å². The number of ether oxygens (including phenoxy) is 1. The first-order valence-electron chi connectivity index (χ1n) is 21.4. The van der Waals surface area contributed by atoms with Crippen molar-refractivity contribution in [1.82, 2.24) is 26.0 Å². The van der Waals surface area contributed by atoms with Crippen LogP contribution >= 0.6 is 12.6 Å². The molecule has 4 amide bonds. The van der Waals surface area contributed by atoms with E-state index in [1.807, 2.05) is 43.3 Å². The number of unbranched alkanes of at least 4 members (excludes halogenated alkanes) is 3. The zero-order valence-electron chi connectivity index (χ0n) is 34.8. The van der Waals surface area contributed by atoms with Gasteiger partial charge in [-0.05, 0) is 87.1 Å². The predicted molar refractivity (Wildman–Crippen MR) is 240 cm³/mol. The molecule has 7 rings (SSSR count). The van der Waals surface area contributed by atoms with Crippen LogP contribution < -0.4 is 35.6 Å². The number of hydrogen-bond donors (Lipinski definition) is 6. The van der Waals surface area contributed by atoms with Crippen LogP contribution in [0.1, 0.15) is 118 Å². The van der Waals surface area contributed by atoms with Crippen LogP contribution in [0, 0.1) is 0 Å². The Bertz CT molecular complexity index is 2300. The smallest absolute Gasteiger partial charge is 0.251 e. The molecule has 1 heterocycles. The number of nitrogens with zero attached hydrogens (tertiary/aromatic N) is 1. The zero-order valence-corrected chi connectivity index (χ0v) is 36.5. The molecule has 324 valence electrons. The van der Waals surface area contributed by atoms with E-state index >= 15 is 0 Å². The molecule has 4 aromatic rings. The van der Waals surface area contributed by atoms with E-state index in [0.29, 0.717) is 78.8 Å². The highest BCUT2D eigenvalue weighted by Gasteiger charge is 2.32. The van der Waals surface area contributed by atoms with E-state index in [1.165, 1.54) is 0 Å². The van der Waals surface area contributed by atoms with E-state index in [2.05, 4.69) is 38.6 Å². The second-order valence-corrected chi connectivity index (χ2v) is 18.8. The van der Waals surface area contributed by atoms with Gasteiger partial charge in [0.1, 0.15) is 5.75 Å². The third-order valence-corrected chi connectivity index (χ3v) is 13.7. The Morgan fingerprint density at radius 3 is 1.59 bits per heavy atom. The van der Waals surface area contributed by atoms with Gasteiger partial charge in [-0.1, -0.05) is 62.8 Å². The number of nitrogens with one attached hydrogen (secondary N) is 5. The fourth-order valence-electron chi connectivity index (χ4n) is 8.72. The van der Waals surface area contributed by atoms with Crippen molar-refractivity contribution in [1.29, 1.82) is 0 Å². The van der Waals surface area contributed by atoms with Crippen molar-refractivity contribution in [2.45, 2.75) is 111 Å². The highest BCUT2D eigenvalue weighted by atomic mass is 32.2. The van der Waals surface area contributed by atoms with Crippen molar-refractivity contribution in [3.8, 4) is 5.75 Å². The number of sulfonamides is 1. The van der Waals surface area contributed by atoms with Gasteiger partial charge in [0.2, 0.25) is 10.0 Å². The Kier molecular flexibility index (Phi) is 14.2. The summed E-state index contributed by atoms with van der Waals surface area (Å²) in [6, 6.07) is 19.2. The van der Waals surface area contributed by atoms with Gasteiger partial charge in [0.15, 0.2) is 0 Å². The summed E-state index contributed by atoms with van der Waals surface area (Å²) >= 11 is 4.49. The van der Waals surface area contributed by atoms with Crippen LogP contribution in [0.15, 0.2) is 82.6 Å². The van der Waals surface area contributed by atoms with Crippen LogP contribution in [0.4, 0.5) is 5.69 Å². The average Bonchev–Trinajstić information content (AvgIpc) is 3.24. The fraction of sp³-hybridized carbons (Fsp3) is 0.435. The summed E-state index contributed by atoms with van der Waals surface area (Å²) in [6.07, 6.45) is 9.01. The van der Waals surface area contributed by atoms with Gasteiger partial charge in [-0.3, -0.25) is 19.2 Å². The summed E-state index contributed by atoms with van der Waals surface area (Å²) in [5, 5.41) is 14.0. The Morgan fingerprint density at radius 2 is 1.08 bits per heavy atom. The molecule has 4 unspecified atom stereocenters. The summed E-state index contributed by atoms with van der Waals surface area (Å²) < 4.78 is 35.6.